The van der Waals surface area contributed by atoms with Gasteiger partial charge in [-0.2, -0.15) is 0 Å². The molecule has 1 unspecified atom stereocenters. The Hall–Kier alpha value is -0.970. The van der Waals surface area contributed by atoms with Crippen molar-refractivity contribution in [2.75, 3.05) is 0 Å². The van der Waals surface area contributed by atoms with E-state index in [4.69, 9.17) is 0 Å². The van der Waals surface area contributed by atoms with E-state index in [1.54, 1.807) is 0 Å². The molecule has 1 aromatic rings. The van der Waals surface area contributed by atoms with Crippen molar-refractivity contribution in [3.05, 3.63) is 5.82 Å². The lowest BCUT2D eigenvalue weighted by molar-refractivity contribution is 0.133. The monoisotopic (exact) mass is 211 g/mol. The number of nitrogens with one attached hydrogen (secondary N) is 2. The van der Waals surface area contributed by atoms with Crippen LogP contribution in [-0.4, -0.2) is 26.7 Å². The lowest BCUT2D eigenvalue weighted by atomic mass is 9.74. The Kier molecular flexibility index (Phi) is 3.13. The van der Waals surface area contributed by atoms with E-state index in [0.29, 0.717) is 6.04 Å². The zero-order chi connectivity index (χ0) is 11.7. The second-order valence-corrected chi connectivity index (χ2v) is 5.42. The van der Waals surface area contributed by atoms with Crippen LogP contribution in [0.2, 0.25) is 0 Å². The van der Waals surface area contributed by atoms with Gasteiger partial charge in [-0.25, -0.2) is 5.10 Å². The van der Waals surface area contributed by atoms with Gasteiger partial charge in [-0.3, -0.25) is 0 Å². The number of nitrogens with zero attached hydrogens (tertiary/aromatic N) is 3. The van der Waals surface area contributed by atoms with Crippen molar-refractivity contribution in [2.24, 2.45) is 5.41 Å². The van der Waals surface area contributed by atoms with Gasteiger partial charge in [-0.15, -0.1) is 5.10 Å². The van der Waals surface area contributed by atoms with Crippen LogP contribution in [-0.2, 0) is 5.54 Å². The largest absolute Gasteiger partial charge is 0.302 e. The number of hydrogen-bond acceptors (Lipinski definition) is 4. The summed E-state index contributed by atoms with van der Waals surface area (Å²) in [5, 5.41) is 17.7. The van der Waals surface area contributed by atoms with E-state index >= 15 is 0 Å². The molecule has 0 bridgehead atoms. The van der Waals surface area contributed by atoms with Gasteiger partial charge in [0.05, 0.1) is 5.54 Å². The summed E-state index contributed by atoms with van der Waals surface area (Å²) in [6.07, 6.45) is 0. The molecule has 86 valence electrons. The highest BCUT2D eigenvalue weighted by Crippen LogP contribution is 2.37. The van der Waals surface area contributed by atoms with Crippen LogP contribution >= 0.6 is 0 Å². The van der Waals surface area contributed by atoms with Crippen molar-refractivity contribution in [2.45, 2.75) is 53.1 Å². The van der Waals surface area contributed by atoms with E-state index in [1.807, 2.05) is 0 Å². The Morgan fingerprint density at radius 1 is 1.20 bits per heavy atom. The third kappa shape index (κ3) is 2.34. The van der Waals surface area contributed by atoms with Gasteiger partial charge < -0.3 is 5.32 Å². The first-order valence-electron chi connectivity index (χ1n) is 5.29. The van der Waals surface area contributed by atoms with Gasteiger partial charge in [-0.05, 0) is 36.6 Å². The maximum atomic E-state index is 4.03. The standard InChI is InChI=1S/C10H21N5/c1-7(2)11-10(6,9(3,4)5)8-12-14-15-13-8/h7,11H,1-6H3,(H,12,13,14,15). The predicted molar refractivity (Wildman–Crippen MR) is 59.3 cm³/mol. The van der Waals surface area contributed by atoms with Crippen LogP contribution in [0.15, 0.2) is 0 Å². The summed E-state index contributed by atoms with van der Waals surface area (Å²) in [6, 6.07) is 0.374. The van der Waals surface area contributed by atoms with Crippen molar-refractivity contribution < 1.29 is 0 Å². The highest BCUT2D eigenvalue weighted by atomic mass is 15.5. The van der Waals surface area contributed by atoms with Crippen LogP contribution in [0.5, 0.6) is 0 Å². The molecule has 0 fully saturated rings. The molecule has 0 aliphatic heterocycles. The average Bonchev–Trinajstić information content (AvgIpc) is 2.51. The Labute approximate surface area is 91.0 Å². The maximum Gasteiger partial charge on any atom is 0.169 e. The molecule has 0 spiro atoms. The van der Waals surface area contributed by atoms with Gasteiger partial charge in [0, 0.05) is 6.04 Å². The molecule has 0 saturated heterocycles. The summed E-state index contributed by atoms with van der Waals surface area (Å²) in [5.74, 6) is 0.781. The molecular weight excluding hydrogens is 190 g/mol. The Balaban J connectivity index is 3.08. The number of aromatic amines is 1. The van der Waals surface area contributed by atoms with Crippen molar-refractivity contribution in [3.63, 3.8) is 0 Å². The molecule has 0 radical (unpaired) electrons. The van der Waals surface area contributed by atoms with Gasteiger partial charge in [-0.1, -0.05) is 20.8 Å². The van der Waals surface area contributed by atoms with E-state index in [2.05, 4.69) is 67.5 Å². The van der Waals surface area contributed by atoms with Crippen molar-refractivity contribution in [1.82, 2.24) is 25.9 Å². The Morgan fingerprint density at radius 2 is 1.80 bits per heavy atom. The van der Waals surface area contributed by atoms with Crippen LogP contribution in [0.1, 0.15) is 47.4 Å². The minimum Gasteiger partial charge on any atom is -0.302 e. The number of hydrogen-bond donors (Lipinski definition) is 2. The first-order chi connectivity index (χ1) is 6.77. The summed E-state index contributed by atoms with van der Waals surface area (Å²) >= 11 is 0. The van der Waals surface area contributed by atoms with E-state index in [1.165, 1.54) is 0 Å². The number of H-pyrrole nitrogens is 1. The number of rotatable bonds is 3. The molecule has 5 nitrogen and oxygen atoms in total. The second-order valence-electron chi connectivity index (χ2n) is 5.42. The fraction of sp³-hybridized carbons (Fsp3) is 0.900. The zero-order valence-electron chi connectivity index (χ0n) is 10.4. The second kappa shape index (κ2) is 3.89. The molecule has 0 amide bonds. The highest BCUT2D eigenvalue weighted by molar-refractivity contribution is 5.07. The van der Waals surface area contributed by atoms with E-state index in [9.17, 15) is 0 Å². The normalized spacial score (nSPS) is 16.7. The topological polar surface area (TPSA) is 66.5 Å². The minimum atomic E-state index is -0.259. The van der Waals surface area contributed by atoms with Crippen LogP contribution in [0, 0.1) is 5.41 Å². The summed E-state index contributed by atoms with van der Waals surface area (Å²) in [4.78, 5) is 0. The Morgan fingerprint density at radius 3 is 2.13 bits per heavy atom. The van der Waals surface area contributed by atoms with Gasteiger partial charge in [0.2, 0.25) is 0 Å². The quantitative estimate of drug-likeness (QED) is 0.794. The predicted octanol–water partition coefficient (Wildman–Crippen LogP) is 1.46. The summed E-state index contributed by atoms with van der Waals surface area (Å²) in [6.45, 7) is 12.9. The molecule has 0 aliphatic carbocycles. The average molecular weight is 211 g/mol. The number of tetrazole rings is 1. The fourth-order valence-corrected chi connectivity index (χ4v) is 1.59. The summed E-state index contributed by atoms with van der Waals surface area (Å²) < 4.78 is 0. The van der Waals surface area contributed by atoms with Crippen LogP contribution in [0.3, 0.4) is 0 Å². The van der Waals surface area contributed by atoms with Crippen LogP contribution in [0.4, 0.5) is 0 Å². The fourth-order valence-electron chi connectivity index (χ4n) is 1.59. The third-order valence-corrected chi connectivity index (χ3v) is 2.90. The molecule has 1 heterocycles. The van der Waals surface area contributed by atoms with Crippen LogP contribution in [0.25, 0.3) is 0 Å². The zero-order valence-corrected chi connectivity index (χ0v) is 10.4. The molecule has 0 aromatic carbocycles. The third-order valence-electron chi connectivity index (χ3n) is 2.90. The lowest BCUT2D eigenvalue weighted by Crippen LogP contribution is -2.53. The van der Waals surface area contributed by atoms with Crippen molar-refractivity contribution >= 4 is 0 Å². The Bertz CT molecular complexity index is 298. The van der Waals surface area contributed by atoms with Gasteiger partial charge in [0.25, 0.3) is 0 Å². The first-order valence-corrected chi connectivity index (χ1v) is 5.29. The lowest BCUT2D eigenvalue weighted by Gasteiger charge is -2.42. The van der Waals surface area contributed by atoms with Gasteiger partial charge >= 0.3 is 0 Å². The summed E-state index contributed by atoms with van der Waals surface area (Å²) in [5.41, 5.74) is -0.233. The maximum absolute atomic E-state index is 4.03. The molecule has 1 aromatic heterocycles. The van der Waals surface area contributed by atoms with E-state index < -0.39 is 0 Å². The van der Waals surface area contributed by atoms with E-state index in [-0.39, 0.29) is 11.0 Å². The molecule has 15 heavy (non-hydrogen) atoms. The van der Waals surface area contributed by atoms with Crippen molar-refractivity contribution in [1.29, 1.82) is 0 Å². The van der Waals surface area contributed by atoms with Crippen molar-refractivity contribution in [3.8, 4) is 0 Å². The smallest absolute Gasteiger partial charge is 0.169 e. The van der Waals surface area contributed by atoms with Gasteiger partial charge in [0.15, 0.2) is 5.82 Å². The first kappa shape index (κ1) is 12.1. The molecular formula is C10H21N5. The molecule has 0 aliphatic rings. The molecule has 5 heteroatoms. The number of aromatic nitrogens is 4. The molecule has 0 saturated carbocycles. The molecule has 1 atom stereocenters. The SMILES string of the molecule is CC(C)NC(C)(c1nnn[nH]1)C(C)(C)C. The van der Waals surface area contributed by atoms with E-state index in [0.717, 1.165) is 5.82 Å². The van der Waals surface area contributed by atoms with Gasteiger partial charge in [0.1, 0.15) is 0 Å². The van der Waals surface area contributed by atoms with Crippen LogP contribution < -0.4 is 5.32 Å². The summed E-state index contributed by atoms with van der Waals surface area (Å²) in [7, 11) is 0. The minimum absolute atomic E-state index is 0.0263. The molecule has 2 N–H and O–H groups in total. The highest BCUT2D eigenvalue weighted by Gasteiger charge is 2.42. The molecule has 1 rings (SSSR count).